The van der Waals surface area contributed by atoms with E-state index in [2.05, 4.69) is 10.3 Å². The molecule has 1 aromatic rings. The standard InChI is InChI=1S/C13H18F3N3/c1-2-10(5-8-3-4-8)18-12-7-9(13(14,15)16)6-11(17)19-12/h6-8,10H,2-5H2,1H3,(H3,17,18,19). The van der Waals surface area contributed by atoms with E-state index in [9.17, 15) is 13.2 Å². The van der Waals surface area contributed by atoms with E-state index in [-0.39, 0.29) is 17.7 Å². The third-order valence-electron chi connectivity index (χ3n) is 3.33. The molecule has 0 saturated heterocycles. The normalized spacial score (nSPS) is 17.3. The Bertz CT molecular complexity index is 441. The van der Waals surface area contributed by atoms with Crippen molar-refractivity contribution in [2.45, 2.75) is 44.8 Å². The lowest BCUT2D eigenvalue weighted by Crippen LogP contribution is -2.20. The highest BCUT2D eigenvalue weighted by Crippen LogP contribution is 2.35. The number of halogens is 3. The summed E-state index contributed by atoms with van der Waals surface area (Å²) >= 11 is 0. The number of hydrogen-bond acceptors (Lipinski definition) is 3. The van der Waals surface area contributed by atoms with Gasteiger partial charge in [0.25, 0.3) is 0 Å². The summed E-state index contributed by atoms with van der Waals surface area (Å²) in [5.41, 5.74) is 4.68. The molecule has 0 aromatic carbocycles. The summed E-state index contributed by atoms with van der Waals surface area (Å²) in [7, 11) is 0. The van der Waals surface area contributed by atoms with Gasteiger partial charge in [-0.1, -0.05) is 19.8 Å². The molecule has 0 aliphatic heterocycles. The van der Waals surface area contributed by atoms with Crippen LogP contribution in [-0.4, -0.2) is 11.0 Å². The van der Waals surface area contributed by atoms with E-state index in [1.165, 1.54) is 12.8 Å². The second kappa shape index (κ2) is 5.27. The molecular formula is C13H18F3N3. The summed E-state index contributed by atoms with van der Waals surface area (Å²) in [5.74, 6) is 0.805. The fraction of sp³-hybridized carbons (Fsp3) is 0.615. The molecule has 1 aliphatic carbocycles. The van der Waals surface area contributed by atoms with Gasteiger partial charge in [0, 0.05) is 6.04 Å². The monoisotopic (exact) mass is 273 g/mol. The molecule has 0 radical (unpaired) electrons. The van der Waals surface area contributed by atoms with Crippen LogP contribution in [-0.2, 0) is 6.18 Å². The summed E-state index contributed by atoms with van der Waals surface area (Å²) in [4.78, 5) is 3.93. The zero-order chi connectivity index (χ0) is 14.0. The van der Waals surface area contributed by atoms with E-state index in [0.717, 1.165) is 25.0 Å². The second-order valence-electron chi connectivity index (χ2n) is 5.09. The van der Waals surface area contributed by atoms with Gasteiger partial charge in [-0.15, -0.1) is 0 Å². The van der Waals surface area contributed by atoms with Crippen LogP contribution in [0.25, 0.3) is 0 Å². The van der Waals surface area contributed by atoms with Crippen molar-refractivity contribution in [3.63, 3.8) is 0 Å². The van der Waals surface area contributed by atoms with Crippen molar-refractivity contribution in [1.82, 2.24) is 4.98 Å². The minimum absolute atomic E-state index is 0.112. The molecule has 6 heteroatoms. The molecule has 1 aromatic heterocycles. The smallest absolute Gasteiger partial charge is 0.384 e. The minimum Gasteiger partial charge on any atom is -0.384 e. The maximum Gasteiger partial charge on any atom is 0.416 e. The number of nitrogens with two attached hydrogens (primary N) is 1. The van der Waals surface area contributed by atoms with Crippen molar-refractivity contribution in [3.8, 4) is 0 Å². The van der Waals surface area contributed by atoms with Gasteiger partial charge in [0.1, 0.15) is 11.6 Å². The number of aromatic nitrogens is 1. The lowest BCUT2D eigenvalue weighted by atomic mass is 10.1. The summed E-state index contributed by atoms with van der Waals surface area (Å²) in [5, 5.41) is 3.06. The molecule has 1 fully saturated rings. The van der Waals surface area contributed by atoms with Gasteiger partial charge in [0.2, 0.25) is 0 Å². The molecule has 1 atom stereocenters. The summed E-state index contributed by atoms with van der Waals surface area (Å²) in [6.45, 7) is 2.01. The first-order valence-electron chi connectivity index (χ1n) is 6.49. The second-order valence-corrected chi connectivity index (χ2v) is 5.09. The molecule has 0 amide bonds. The van der Waals surface area contributed by atoms with Gasteiger partial charge in [0.15, 0.2) is 0 Å². The van der Waals surface area contributed by atoms with Crippen molar-refractivity contribution in [2.24, 2.45) is 5.92 Å². The molecule has 1 aliphatic rings. The highest BCUT2D eigenvalue weighted by molar-refractivity contribution is 5.48. The van der Waals surface area contributed by atoms with Gasteiger partial charge in [0.05, 0.1) is 5.56 Å². The molecule has 3 N–H and O–H groups in total. The van der Waals surface area contributed by atoms with Crippen LogP contribution in [0, 0.1) is 5.92 Å². The van der Waals surface area contributed by atoms with E-state index >= 15 is 0 Å². The van der Waals surface area contributed by atoms with Crippen LogP contribution in [0.3, 0.4) is 0 Å². The number of hydrogen-bond donors (Lipinski definition) is 2. The Morgan fingerprint density at radius 2 is 2.11 bits per heavy atom. The molecule has 1 saturated carbocycles. The number of nitrogens with one attached hydrogen (secondary N) is 1. The Labute approximate surface area is 110 Å². The van der Waals surface area contributed by atoms with E-state index in [1.807, 2.05) is 6.92 Å². The summed E-state index contributed by atoms with van der Waals surface area (Å²) < 4.78 is 38.0. The summed E-state index contributed by atoms with van der Waals surface area (Å²) in [6, 6.07) is 2.03. The first-order valence-corrected chi connectivity index (χ1v) is 6.49. The summed E-state index contributed by atoms with van der Waals surface area (Å²) in [6.07, 6.45) is -0.124. The van der Waals surface area contributed by atoms with Gasteiger partial charge < -0.3 is 11.1 Å². The predicted octanol–water partition coefficient (Wildman–Crippen LogP) is 3.67. The van der Waals surface area contributed by atoms with Gasteiger partial charge in [-0.25, -0.2) is 4.98 Å². The quantitative estimate of drug-likeness (QED) is 0.860. The predicted molar refractivity (Wildman–Crippen MR) is 68.7 cm³/mol. The van der Waals surface area contributed by atoms with Gasteiger partial charge in [-0.2, -0.15) is 13.2 Å². The molecule has 0 spiro atoms. The van der Waals surface area contributed by atoms with Crippen LogP contribution in [0.2, 0.25) is 0 Å². The lowest BCUT2D eigenvalue weighted by Gasteiger charge is -2.18. The zero-order valence-electron chi connectivity index (χ0n) is 10.8. The van der Waals surface area contributed by atoms with Crippen molar-refractivity contribution in [1.29, 1.82) is 0 Å². The van der Waals surface area contributed by atoms with Gasteiger partial charge in [-0.3, -0.25) is 0 Å². The SMILES string of the molecule is CCC(CC1CC1)Nc1cc(C(F)(F)F)cc(N)n1. The van der Waals surface area contributed by atoms with E-state index in [0.29, 0.717) is 5.92 Å². The number of anilines is 2. The number of rotatable bonds is 5. The Kier molecular flexibility index (Phi) is 3.87. The van der Waals surface area contributed by atoms with Crippen LogP contribution >= 0.6 is 0 Å². The largest absolute Gasteiger partial charge is 0.416 e. The maximum absolute atomic E-state index is 12.7. The van der Waals surface area contributed by atoms with Crippen LogP contribution in [0.15, 0.2) is 12.1 Å². The molecule has 1 heterocycles. The Hall–Kier alpha value is -1.46. The third kappa shape index (κ3) is 4.01. The van der Waals surface area contributed by atoms with Crippen LogP contribution in [0.1, 0.15) is 38.2 Å². The van der Waals surface area contributed by atoms with Crippen molar-refractivity contribution >= 4 is 11.6 Å². The van der Waals surface area contributed by atoms with Crippen molar-refractivity contribution in [2.75, 3.05) is 11.1 Å². The average molecular weight is 273 g/mol. The number of nitrogens with zero attached hydrogens (tertiary/aromatic N) is 1. The number of nitrogen functional groups attached to an aromatic ring is 1. The molecule has 106 valence electrons. The topological polar surface area (TPSA) is 50.9 Å². The number of alkyl halides is 3. The van der Waals surface area contributed by atoms with Crippen molar-refractivity contribution < 1.29 is 13.2 Å². The molecule has 1 unspecified atom stereocenters. The Morgan fingerprint density at radius 3 is 2.63 bits per heavy atom. The first-order chi connectivity index (χ1) is 8.88. The Morgan fingerprint density at radius 1 is 1.42 bits per heavy atom. The third-order valence-corrected chi connectivity index (χ3v) is 3.33. The fourth-order valence-corrected chi connectivity index (χ4v) is 2.08. The maximum atomic E-state index is 12.7. The highest BCUT2D eigenvalue weighted by atomic mass is 19.4. The molecule has 3 nitrogen and oxygen atoms in total. The van der Waals surface area contributed by atoms with Gasteiger partial charge in [-0.05, 0) is 30.9 Å². The molecular weight excluding hydrogens is 255 g/mol. The van der Waals surface area contributed by atoms with Crippen LogP contribution in [0.4, 0.5) is 24.8 Å². The zero-order valence-corrected chi connectivity index (χ0v) is 10.8. The van der Waals surface area contributed by atoms with E-state index < -0.39 is 11.7 Å². The molecule has 19 heavy (non-hydrogen) atoms. The van der Waals surface area contributed by atoms with E-state index in [1.54, 1.807) is 0 Å². The van der Waals surface area contributed by atoms with Gasteiger partial charge >= 0.3 is 6.18 Å². The van der Waals surface area contributed by atoms with Crippen molar-refractivity contribution in [3.05, 3.63) is 17.7 Å². The fourth-order valence-electron chi connectivity index (χ4n) is 2.08. The van der Waals surface area contributed by atoms with E-state index in [4.69, 9.17) is 5.73 Å². The molecule has 0 bridgehead atoms. The lowest BCUT2D eigenvalue weighted by molar-refractivity contribution is -0.137. The minimum atomic E-state index is -4.40. The number of pyridine rings is 1. The molecule has 2 rings (SSSR count). The first kappa shape index (κ1) is 14.0. The van der Waals surface area contributed by atoms with Crippen LogP contribution in [0.5, 0.6) is 0 Å². The Balaban J connectivity index is 2.11. The highest BCUT2D eigenvalue weighted by Gasteiger charge is 2.32. The van der Waals surface area contributed by atoms with Crippen LogP contribution < -0.4 is 11.1 Å². The average Bonchev–Trinajstić information content (AvgIpc) is 3.10.